The molecule has 2 aromatic rings. The number of benzene rings is 2. The van der Waals surface area contributed by atoms with Gasteiger partial charge in [-0.15, -0.1) is 5.10 Å². The van der Waals surface area contributed by atoms with E-state index in [2.05, 4.69) is 40.2 Å². The van der Waals surface area contributed by atoms with E-state index < -0.39 is 0 Å². The van der Waals surface area contributed by atoms with Gasteiger partial charge in [0.1, 0.15) is 5.75 Å². The van der Waals surface area contributed by atoms with E-state index in [0.29, 0.717) is 5.17 Å². The number of thioether (sulfide) groups is 1. The van der Waals surface area contributed by atoms with E-state index in [1.807, 2.05) is 30.3 Å². The molecule has 0 unspecified atom stereocenters. The summed E-state index contributed by atoms with van der Waals surface area (Å²) in [5.74, 6) is 2.53. The zero-order valence-electron chi connectivity index (χ0n) is 17.3. The molecule has 1 saturated heterocycles. The summed E-state index contributed by atoms with van der Waals surface area (Å²) >= 11 is 1.48. The first kappa shape index (κ1) is 21.4. The Bertz CT molecular complexity index is 830. The van der Waals surface area contributed by atoms with Gasteiger partial charge in [0, 0.05) is 17.9 Å². The van der Waals surface area contributed by atoms with Gasteiger partial charge in [-0.1, -0.05) is 49.0 Å². The van der Waals surface area contributed by atoms with Crippen LogP contribution in [-0.4, -0.2) is 36.5 Å². The number of amidine groups is 1. The lowest BCUT2D eigenvalue weighted by atomic mass is 9.98. The molecular weight excluding hydrogens is 380 g/mol. The summed E-state index contributed by atoms with van der Waals surface area (Å²) in [6, 6.07) is 16.3. The minimum absolute atomic E-state index is 0.460. The second-order valence-electron chi connectivity index (χ2n) is 7.49. The van der Waals surface area contributed by atoms with Crippen LogP contribution in [0.25, 0.3) is 0 Å². The Kier molecular flexibility index (Phi) is 8.14. The smallest absolute Gasteiger partial charge is 0.180 e. The van der Waals surface area contributed by atoms with Gasteiger partial charge in [-0.2, -0.15) is 5.10 Å². The Balaban J connectivity index is 1.59. The van der Waals surface area contributed by atoms with E-state index in [1.165, 1.54) is 35.7 Å². The van der Waals surface area contributed by atoms with Gasteiger partial charge in [0.25, 0.3) is 0 Å². The maximum absolute atomic E-state index is 5.97. The van der Waals surface area contributed by atoms with Crippen LogP contribution in [0.4, 0.5) is 0 Å². The molecule has 0 spiro atoms. The Morgan fingerprint density at radius 3 is 2.69 bits per heavy atom. The van der Waals surface area contributed by atoms with E-state index in [-0.39, 0.29) is 0 Å². The summed E-state index contributed by atoms with van der Waals surface area (Å²) in [5, 5.41) is 8.75. The van der Waals surface area contributed by atoms with E-state index >= 15 is 0 Å². The topological polar surface area (TPSA) is 63.2 Å². The lowest BCUT2D eigenvalue weighted by Gasteiger charge is -2.30. The van der Waals surface area contributed by atoms with Crippen molar-refractivity contribution in [2.24, 2.45) is 21.9 Å². The Labute approximate surface area is 178 Å². The van der Waals surface area contributed by atoms with Crippen LogP contribution in [0, 0.1) is 5.92 Å². The third-order valence-corrected chi connectivity index (χ3v) is 6.02. The summed E-state index contributed by atoms with van der Waals surface area (Å²) < 4.78 is 5.56. The summed E-state index contributed by atoms with van der Waals surface area (Å²) in [6.07, 6.45) is 4.27. The van der Waals surface area contributed by atoms with Crippen LogP contribution in [0.2, 0.25) is 0 Å². The van der Waals surface area contributed by atoms with Gasteiger partial charge in [0.2, 0.25) is 0 Å². The Hall–Kier alpha value is -2.31. The minimum Gasteiger partial charge on any atom is -0.496 e. The fourth-order valence-electron chi connectivity index (χ4n) is 3.38. The number of ether oxygens (including phenoxy) is 1. The van der Waals surface area contributed by atoms with E-state index in [9.17, 15) is 0 Å². The van der Waals surface area contributed by atoms with Crippen molar-refractivity contribution < 1.29 is 4.74 Å². The van der Waals surface area contributed by atoms with Crippen LogP contribution in [0.1, 0.15) is 36.5 Å². The molecule has 1 fully saturated rings. The van der Waals surface area contributed by atoms with Crippen LogP contribution < -0.4 is 10.5 Å². The molecule has 1 aliphatic heterocycles. The average Bonchev–Trinajstić information content (AvgIpc) is 2.75. The third-order valence-electron chi connectivity index (χ3n) is 5.17. The molecule has 2 aromatic carbocycles. The molecule has 1 aliphatic rings. The van der Waals surface area contributed by atoms with Gasteiger partial charge in [0.15, 0.2) is 5.17 Å². The van der Waals surface area contributed by atoms with E-state index in [1.54, 1.807) is 13.3 Å². The highest BCUT2D eigenvalue weighted by Gasteiger charge is 2.17. The molecule has 2 N–H and O–H groups in total. The minimum atomic E-state index is 0.460. The number of hydrogen-bond acceptors (Lipinski definition) is 5. The van der Waals surface area contributed by atoms with Gasteiger partial charge in [-0.05, 0) is 61.2 Å². The summed E-state index contributed by atoms with van der Waals surface area (Å²) in [7, 11) is 1.72. The van der Waals surface area contributed by atoms with Gasteiger partial charge >= 0.3 is 0 Å². The molecule has 0 amide bonds. The van der Waals surface area contributed by atoms with Gasteiger partial charge in [-0.3, -0.25) is 4.90 Å². The molecule has 6 heteroatoms. The molecule has 29 heavy (non-hydrogen) atoms. The second kappa shape index (κ2) is 11.0. The normalized spacial score (nSPS) is 16.4. The molecule has 0 saturated carbocycles. The molecule has 0 aliphatic carbocycles. The molecule has 154 valence electrons. The van der Waals surface area contributed by atoms with E-state index in [4.69, 9.17) is 10.5 Å². The average molecular weight is 411 g/mol. The molecule has 3 rings (SSSR count). The first-order valence-corrected chi connectivity index (χ1v) is 11.0. The van der Waals surface area contributed by atoms with Crippen molar-refractivity contribution in [2.75, 3.05) is 20.2 Å². The molecule has 0 aromatic heterocycles. The van der Waals surface area contributed by atoms with Crippen molar-refractivity contribution in [1.82, 2.24) is 4.90 Å². The molecular formula is C23H30N4OS. The molecule has 1 heterocycles. The Morgan fingerprint density at radius 2 is 1.97 bits per heavy atom. The lowest BCUT2D eigenvalue weighted by molar-refractivity contribution is 0.183. The van der Waals surface area contributed by atoms with Crippen molar-refractivity contribution in [3.05, 3.63) is 65.2 Å². The van der Waals surface area contributed by atoms with Crippen LogP contribution in [0.15, 0.2) is 58.7 Å². The summed E-state index contributed by atoms with van der Waals surface area (Å²) in [6.45, 7) is 5.51. The number of likely N-dealkylation sites (tertiary alicyclic amines) is 1. The number of nitrogens with two attached hydrogens (primary N) is 1. The first-order chi connectivity index (χ1) is 14.1. The van der Waals surface area contributed by atoms with Crippen molar-refractivity contribution in [3.63, 3.8) is 0 Å². The highest BCUT2D eigenvalue weighted by atomic mass is 32.2. The number of nitrogens with zero attached hydrogens (tertiary/aromatic N) is 3. The van der Waals surface area contributed by atoms with Gasteiger partial charge in [0.05, 0.1) is 13.3 Å². The van der Waals surface area contributed by atoms with Crippen LogP contribution in [0.5, 0.6) is 5.75 Å². The van der Waals surface area contributed by atoms with Crippen molar-refractivity contribution in [1.29, 1.82) is 0 Å². The van der Waals surface area contributed by atoms with Crippen molar-refractivity contribution >= 4 is 23.1 Å². The SMILES string of the molecule is COc1ccc(C=NN=C(N)SCc2ccccc2)cc1CN1CCC(C)CC1. The second-order valence-corrected chi connectivity index (χ2v) is 8.48. The summed E-state index contributed by atoms with van der Waals surface area (Å²) in [5.41, 5.74) is 9.36. The highest BCUT2D eigenvalue weighted by Crippen LogP contribution is 2.24. The monoisotopic (exact) mass is 410 g/mol. The molecule has 0 atom stereocenters. The molecule has 0 bridgehead atoms. The number of hydrogen-bond donors (Lipinski definition) is 1. The van der Waals surface area contributed by atoms with Gasteiger partial charge in [-0.25, -0.2) is 0 Å². The fraction of sp³-hybridized carbons (Fsp3) is 0.391. The van der Waals surface area contributed by atoms with Crippen molar-refractivity contribution in [2.45, 2.75) is 32.1 Å². The fourth-order valence-corrected chi connectivity index (χ4v) is 3.99. The van der Waals surface area contributed by atoms with Crippen LogP contribution >= 0.6 is 11.8 Å². The zero-order chi connectivity index (χ0) is 20.5. The largest absolute Gasteiger partial charge is 0.496 e. The quantitative estimate of drug-likeness (QED) is 0.414. The number of methoxy groups -OCH3 is 1. The highest BCUT2D eigenvalue weighted by molar-refractivity contribution is 8.13. The predicted molar refractivity (Wildman–Crippen MR) is 124 cm³/mol. The Morgan fingerprint density at radius 1 is 1.21 bits per heavy atom. The molecule has 0 radical (unpaired) electrons. The first-order valence-electron chi connectivity index (χ1n) is 10.1. The number of piperidine rings is 1. The van der Waals surface area contributed by atoms with E-state index in [0.717, 1.165) is 42.6 Å². The standard InChI is InChI=1S/C23H30N4OS/c1-18-10-12-27(13-11-18)16-21-14-20(8-9-22(21)28-2)15-25-26-23(24)29-17-19-6-4-3-5-7-19/h3-9,14-15,18H,10-13,16-17H2,1-2H3,(H2,24,26). The number of rotatable bonds is 7. The zero-order valence-corrected chi connectivity index (χ0v) is 18.1. The molecule has 5 nitrogen and oxygen atoms in total. The predicted octanol–water partition coefficient (Wildman–Crippen LogP) is 4.51. The van der Waals surface area contributed by atoms with Gasteiger partial charge < -0.3 is 10.5 Å². The van der Waals surface area contributed by atoms with Crippen LogP contribution in [0.3, 0.4) is 0 Å². The maximum Gasteiger partial charge on any atom is 0.180 e. The maximum atomic E-state index is 5.97. The third kappa shape index (κ3) is 6.91. The van der Waals surface area contributed by atoms with Crippen LogP contribution in [-0.2, 0) is 12.3 Å². The van der Waals surface area contributed by atoms with Crippen molar-refractivity contribution in [3.8, 4) is 5.75 Å². The summed E-state index contributed by atoms with van der Waals surface area (Å²) in [4.78, 5) is 2.50. The lowest BCUT2D eigenvalue weighted by Crippen LogP contribution is -2.32.